The first-order valence-electron chi connectivity index (χ1n) is 8.95. The number of carbonyl (C=O) groups is 1. The molecule has 0 N–H and O–H groups in total. The summed E-state index contributed by atoms with van der Waals surface area (Å²) in [5.74, 6) is -0.644. The molecule has 0 aliphatic carbocycles. The normalized spacial score (nSPS) is 15.2. The van der Waals surface area contributed by atoms with Crippen molar-refractivity contribution in [1.29, 1.82) is 0 Å². The Morgan fingerprint density at radius 3 is 2.34 bits per heavy atom. The lowest BCUT2D eigenvalue weighted by molar-refractivity contribution is -0.113. The maximum Gasteiger partial charge on any atom is 0.270 e. The Bertz CT molecular complexity index is 1100. The predicted molar refractivity (Wildman–Crippen MR) is 123 cm³/mol. The van der Waals surface area contributed by atoms with E-state index in [1.165, 1.54) is 28.8 Å². The lowest BCUT2D eigenvalue weighted by Crippen LogP contribution is -2.27. The molecule has 1 saturated heterocycles. The predicted octanol–water partition coefficient (Wildman–Crippen LogP) is 6.00. The molecule has 1 amide bonds. The Kier molecular flexibility index (Phi) is 5.47. The number of benzene rings is 3. The topological polar surface area (TPSA) is 23.6 Å². The summed E-state index contributed by atoms with van der Waals surface area (Å²) in [6.45, 7) is 0. The van der Waals surface area contributed by atoms with Gasteiger partial charge in [-0.25, -0.2) is 4.39 Å². The molecule has 3 aromatic rings. The summed E-state index contributed by atoms with van der Waals surface area (Å²) in [6.07, 6.45) is 1.81. The second-order valence-electron chi connectivity index (χ2n) is 6.48. The van der Waals surface area contributed by atoms with Gasteiger partial charge in [-0.1, -0.05) is 60.4 Å². The highest BCUT2D eigenvalue weighted by molar-refractivity contribution is 8.27. The number of anilines is 3. The van der Waals surface area contributed by atoms with Crippen LogP contribution in [0.25, 0.3) is 6.08 Å². The lowest BCUT2D eigenvalue weighted by Gasteiger charge is -2.19. The van der Waals surface area contributed by atoms with Crippen LogP contribution < -0.4 is 9.80 Å². The average molecular weight is 421 g/mol. The molecule has 0 saturated carbocycles. The van der Waals surface area contributed by atoms with Gasteiger partial charge in [0.1, 0.15) is 5.82 Å². The van der Waals surface area contributed by atoms with Crippen LogP contribution in [0.2, 0.25) is 0 Å². The Morgan fingerprint density at radius 2 is 1.66 bits per heavy atom. The number of hydrogen-bond acceptors (Lipinski definition) is 4. The lowest BCUT2D eigenvalue weighted by atomic mass is 10.1. The third-order valence-electron chi connectivity index (χ3n) is 4.58. The minimum absolute atomic E-state index is 0.240. The Morgan fingerprint density at radius 1 is 0.966 bits per heavy atom. The molecule has 3 aromatic carbocycles. The highest BCUT2D eigenvalue weighted by Crippen LogP contribution is 2.36. The van der Waals surface area contributed by atoms with Gasteiger partial charge in [-0.05, 0) is 54.1 Å². The Hall–Kier alpha value is -2.96. The summed E-state index contributed by atoms with van der Waals surface area (Å²) < 4.78 is 13.9. The van der Waals surface area contributed by atoms with Gasteiger partial charge in [-0.3, -0.25) is 9.69 Å². The molecule has 0 radical (unpaired) electrons. The van der Waals surface area contributed by atoms with Gasteiger partial charge in [-0.15, -0.1) is 0 Å². The minimum atomic E-state index is -0.404. The van der Waals surface area contributed by atoms with Crippen LogP contribution in [-0.4, -0.2) is 17.3 Å². The van der Waals surface area contributed by atoms with Crippen LogP contribution in [0.3, 0.4) is 0 Å². The molecule has 144 valence electrons. The fraction of sp³-hybridized carbons (Fsp3) is 0.0435. The van der Waals surface area contributed by atoms with Crippen molar-refractivity contribution >= 4 is 57.3 Å². The smallest absolute Gasteiger partial charge is 0.270 e. The van der Waals surface area contributed by atoms with E-state index in [4.69, 9.17) is 12.2 Å². The molecule has 1 aliphatic rings. The molecule has 0 aromatic heterocycles. The Labute approximate surface area is 178 Å². The van der Waals surface area contributed by atoms with E-state index >= 15 is 0 Å². The number of halogens is 1. The SMILES string of the molecule is CN(c1ccccc1)c1ccc(/C=C2/SC(=S)N(c3cccc(F)c3)C2=O)cc1. The van der Waals surface area contributed by atoms with Crippen LogP contribution in [0.1, 0.15) is 5.56 Å². The molecule has 1 aliphatic heterocycles. The zero-order valence-corrected chi connectivity index (χ0v) is 17.2. The highest BCUT2D eigenvalue weighted by Gasteiger charge is 2.33. The number of para-hydroxylation sites is 1. The first kappa shape index (κ1) is 19.4. The molecule has 3 nitrogen and oxygen atoms in total. The summed E-state index contributed by atoms with van der Waals surface area (Å²) in [6, 6.07) is 23.9. The number of nitrogens with zero attached hydrogens (tertiary/aromatic N) is 2. The van der Waals surface area contributed by atoms with Crippen LogP contribution in [0, 0.1) is 5.82 Å². The standard InChI is InChI=1S/C23H17FN2OS2/c1-25(18-7-3-2-4-8-18)19-12-10-16(11-13-19)14-21-22(27)26(23(28)29-21)20-9-5-6-17(24)15-20/h2-15H,1H3/b21-14+. The van der Waals surface area contributed by atoms with Gasteiger partial charge in [0.2, 0.25) is 0 Å². The summed E-state index contributed by atoms with van der Waals surface area (Å²) in [5.41, 5.74) is 3.47. The molecule has 0 atom stereocenters. The number of carbonyl (C=O) groups excluding carboxylic acids is 1. The van der Waals surface area contributed by atoms with Crippen LogP contribution in [0.15, 0.2) is 83.8 Å². The first-order chi connectivity index (χ1) is 14.0. The maximum atomic E-state index is 13.5. The molecule has 0 bridgehead atoms. The number of hydrogen-bond donors (Lipinski definition) is 0. The van der Waals surface area contributed by atoms with Crippen molar-refractivity contribution in [2.24, 2.45) is 0 Å². The first-order valence-corrected chi connectivity index (χ1v) is 10.2. The van der Waals surface area contributed by atoms with E-state index in [2.05, 4.69) is 4.90 Å². The third-order valence-corrected chi connectivity index (χ3v) is 5.88. The molecule has 0 spiro atoms. The van der Waals surface area contributed by atoms with Crippen LogP contribution in [-0.2, 0) is 4.79 Å². The second-order valence-corrected chi connectivity index (χ2v) is 8.16. The van der Waals surface area contributed by atoms with Gasteiger partial charge < -0.3 is 4.90 Å². The number of amides is 1. The largest absolute Gasteiger partial charge is 0.345 e. The number of thiocarbonyl (C=S) groups is 1. The molecule has 0 unspecified atom stereocenters. The van der Waals surface area contributed by atoms with Gasteiger partial charge in [0.05, 0.1) is 10.6 Å². The molecule has 1 fully saturated rings. The highest BCUT2D eigenvalue weighted by atomic mass is 32.2. The summed E-state index contributed by atoms with van der Waals surface area (Å²) in [4.78, 5) is 16.8. The van der Waals surface area contributed by atoms with Crippen molar-refractivity contribution in [2.75, 3.05) is 16.8 Å². The van der Waals surface area contributed by atoms with E-state index in [1.807, 2.05) is 67.7 Å². The average Bonchev–Trinajstić information content (AvgIpc) is 3.01. The van der Waals surface area contributed by atoms with E-state index in [0.29, 0.717) is 14.9 Å². The molecule has 29 heavy (non-hydrogen) atoms. The molecular weight excluding hydrogens is 403 g/mol. The van der Waals surface area contributed by atoms with Gasteiger partial charge >= 0.3 is 0 Å². The molecule has 4 rings (SSSR count). The summed E-state index contributed by atoms with van der Waals surface area (Å²) in [7, 11) is 2.01. The number of thioether (sulfide) groups is 1. The monoisotopic (exact) mass is 420 g/mol. The third kappa shape index (κ3) is 4.09. The van der Waals surface area contributed by atoms with Gasteiger partial charge in [0.25, 0.3) is 5.91 Å². The molecular formula is C23H17FN2OS2. The van der Waals surface area contributed by atoms with E-state index in [-0.39, 0.29) is 5.91 Å². The van der Waals surface area contributed by atoms with Crippen molar-refractivity contribution in [3.05, 3.63) is 95.1 Å². The Balaban J connectivity index is 1.55. The molecule has 6 heteroatoms. The van der Waals surface area contributed by atoms with Crippen LogP contribution in [0.5, 0.6) is 0 Å². The van der Waals surface area contributed by atoms with E-state index in [1.54, 1.807) is 12.1 Å². The van der Waals surface area contributed by atoms with Crippen LogP contribution in [0.4, 0.5) is 21.5 Å². The van der Waals surface area contributed by atoms with E-state index < -0.39 is 5.82 Å². The van der Waals surface area contributed by atoms with Gasteiger partial charge in [-0.2, -0.15) is 0 Å². The quantitative estimate of drug-likeness (QED) is 0.382. The van der Waals surface area contributed by atoms with Crippen molar-refractivity contribution in [3.8, 4) is 0 Å². The van der Waals surface area contributed by atoms with Crippen molar-refractivity contribution in [1.82, 2.24) is 0 Å². The van der Waals surface area contributed by atoms with Gasteiger partial charge in [0, 0.05) is 18.4 Å². The van der Waals surface area contributed by atoms with Crippen molar-refractivity contribution < 1.29 is 9.18 Å². The zero-order chi connectivity index (χ0) is 20.4. The van der Waals surface area contributed by atoms with Crippen LogP contribution >= 0.6 is 24.0 Å². The van der Waals surface area contributed by atoms with Crippen molar-refractivity contribution in [2.45, 2.75) is 0 Å². The van der Waals surface area contributed by atoms with Crippen molar-refractivity contribution in [3.63, 3.8) is 0 Å². The van der Waals surface area contributed by atoms with E-state index in [9.17, 15) is 9.18 Å². The fourth-order valence-corrected chi connectivity index (χ4v) is 4.35. The van der Waals surface area contributed by atoms with E-state index in [0.717, 1.165) is 16.9 Å². The minimum Gasteiger partial charge on any atom is -0.345 e. The second kappa shape index (κ2) is 8.19. The zero-order valence-electron chi connectivity index (χ0n) is 15.6. The fourth-order valence-electron chi connectivity index (χ4n) is 3.05. The number of rotatable bonds is 4. The summed E-state index contributed by atoms with van der Waals surface area (Å²) in [5, 5.41) is 0. The molecule has 1 heterocycles. The maximum absolute atomic E-state index is 13.5. The summed E-state index contributed by atoms with van der Waals surface area (Å²) >= 11 is 6.56. The van der Waals surface area contributed by atoms with Gasteiger partial charge in [0.15, 0.2) is 4.32 Å².